The third-order valence-electron chi connectivity index (χ3n) is 4.33. The van der Waals surface area contributed by atoms with Crippen molar-refractivity contribution in [3.63, 3.8) is 0 Å². The summed E-state index contributed by atoms with van der Waals surface area (Å²) < 4.78 is 10.8. The van der Waals surface area contributed by atoms with Crippen LogP contribution >= 0.6 is 0 Å². The Morgan fingerprint density at radius 3 is 2.45 bits per heavy atom. The fourth-order valence-corrected chi connectivity index (χ4v) is 2.71. The molecule has 0 aliphatic heterocycles. The number of rotatable bonds is 8. The minimum Gasteiger partial charge on any atom is -0.494 e. The minimum atomic E-state index is -1.11. The van der Waals surface area contributed by atoms with Gasteiger partial charge >= 0.3 is 5.97 Å². The number of nitrogens with one attached hydrogen (secondary N) is 1. The Morgan fingerprint density at radius 2 is 1.86 bits per heavy atom. The second kappa shape index (κ2) is 9.56. The van der Waals surface area contributed by atoms with Gasteiger partial charge in [-0.15, -0.1) is 0 Å². The van der Waals surface area contributed by atoms with Crippen molar-refractivity contribution in [1.29, 1.82) is 5.26 Å². The number of hydrogen-bond acceptors (Lipinski definition) is 5. The summed E-state index contributed by atoms with van der Waals surface area (Å²) in [5.74, 6) is -0.529. The molecule has 6 nitrogen and oxygen atoms in total. The molecule has 1 N–H and O–H groups in total. The first-order valence-electron chi connectivity index (χ1n) is 9.51. The molecular formula is C23H22N2O4. The average Bonchev–Trinajstić information content (AvgIpc) is 3.56. The van der Waals surface area contributed by atoms with Crippen LogP contribution in [0.25, 0.3) is 6.08 Å². The topological polar surface area (TPSA) is 88.4 Å². The summed E-state index contributed by atoms with van der Waals surface area (Å²) in [6.45, 7) is 2.44. The number of nitriles is 1. The second-order valence-electron chi connectivity index (χ2n) is 6.65. The lowest BCUT2D eigenvalue weighted by atomic mass is 10.1. The van der Waals surface area contributed by atoms with E-state index in [1.807, 2.05) is 19.1 Å². The van der Waals surface area contributed by atoms with Crippen molar-refractivity contribution < 1.29 is 19.1 Å². The highest BCUT2D eigenvalue weighted by atomic mass is 16.5. The van der Waals surface area contributed by atoms with Crippen molar-refractivity contribution in [1.82, 2.24) is 5.32 Å². The van der Waals surface area contributed by atoms with Crippen LogP contribution in [0.1, 0.15) is 37.0 Å². The monoisotopic (exact) mass is 390 g/mol. The molecule has 0 aromatic heterocycles. The number of carbonyl (C=O) groups excluding carboxylic acids is 2. The Balaban J connectivity index is 1.77. The third-order valence-corrected chi connectivity index (χ3v) is 4.33. The summed E-state index contributed by atoms with van der Waals surface area (Å²) in [5.41, 5.74) is 1.02. The number of esters is 1. The summed E-state index contributed by atoms with van der Waals surface area (Å²) in [5, 5.41) is 12.3. The van der Waals surface area contributed by atoms with Gasteiger partial charge in [-0.1, -0.05) is 42.5 Å². The number of hydrogen-bond donors (Lipinski definition) is 1. The predicted molar refractivity (Wildman–Crippen MR) is 108 cm³/mol. The van der Waals surface area contributed by atoms with Crippen LogP contribution in [-0.4, -0.2) is 24.5 Å². The van der Waals surface area contributed by atoms with Crippen molar-refractivity contribution in [2.24, 2.45) is 0 Å². The van der Waals surface area contributed by atoms with Crippen LogP contribution in [0.4, 0.5) is 0 Å². The van der Waals surface area contributed by atoms with Crippen LogP contribution in [0, 0.1) is 11.3 Å². The molecule has 6 heteroatoms. The van der Waals surface area contributed by atoms with Crippen LogP contribution in [-0.2, 0) is 14.3 Å². The zero-order valence-corrected chi connectivity index (χ0v) is 16.1. The fraction of sp³-hybridized carbons (Fsp3) is 0.261. The van der Waals surface area contributed by atoms with E-state index < -0.39 is 12.1 Å². The molecule has 0 spiro atoms. The van der Waals surface area contributed by atoms with Crippen LogP contribution in [0.2, 0.25) is 0 Å². The van der Waals surface area contributed by atoms with E-state index in [0.29, 0.717) is 23.5 Å². The molecule has 1 fully saturated rings. The van der Waals surface area contributed by atoms with E-state index in [0.717, 1.165) is 12.8 Å². The smallest absolute Gasteiger partial charge is 0.350 e. The molecule has 1 aliphatic rings. The van der Waals surface area contributed by atoms with Gasteiger partial charge in [0.2, 0.25) is 6.10 Å². The maximum Gasteiger partial charge on any atom is 0.350 e. The van der Waals surface area contributed by atoms with E-state index in [9.17, 15) is 14.9 Å². The van der Waals surface area contributed by atoms with Gasteiger partial charge in [0.05, 0.1) is 6.61 Å². The first-order chi connectivity index (χ1) is 14.1. The Labute approximate surface area is 169 Å². The van der Waals surface area contributed by atoms with Gasteiger partial charge < -0.3 is 14.8 Å². The van der Waals surface area contributed by atoms with Crippen LogP contribution in [0.5, 0.6) is 5.75 Å². The number of nitrogens with zero attached hydrogens (tertiary/aromatic N) is 1. The summed E-state index contributed by atoms with van der Waals surface area (Å²) in [6, 6.07) is 17.8. The standard InChI is InChI=1S/C23H22N2O4/c1-2-28-20-12-8-16(9-13-20)14-18(15-24)23(27)29-21(17-6-4-3-5-7-17)22(26)25-19-10-11-19/h3-9,12-14,19,21H,2,10-11H2,1H3,(H,25,26)/b18-14+/t21-/m0/s1. The second-order valence-corrected chi connectivity index (χ2v) is 6.65. The normalized spacial score (nSPS) is 14.4. The molecule has 29 heavy (non-hydrogen) atoms. The highest BCUT2D eigenvalue weighted by Crippen LogP contribution is 2.24. The molecule has 3 rings (SSSR count). The van der Waals surface area contributed by atoms with E-state index in [4.69, 9.17) is 9.47 Å². The average molecular weight is 390 g/mol. The molecule has 0 unspecified atom stereocenters. The highest BCUT2D eigenvalue weighted by Gasteiger charge is 2.31. The number of amides is 1. The van der Waals surface area contributed by atoms with E-state index in [1.54, 1.807) is 48.5 Å². The molecular weight excluding hydrogens is 368 g/mol. The summed E-state index contributed by atoms with van der Waals surface area (Å²) >= 11 is 0. The van der Waals surface area contributed by atoms with Crippen molar-refractivity contribution in [2.75, 3.05) is 6.61 Å². The number of carbonyl (C=O) groups is 2. The van der Waals surface area contributed by atoms with Crippen LogP contribution in [0.15, 0.2) is 60.2 Å². The van der Waals surface area contributed by atoms with Crippen molar-refractivity contribution in [2.45, 2.75) is 31.9 Å². The van der Waals surface area contributed by atoms with Gasteiger partial charge in [-0.05, 0) is 43.5 Å². The lowest BCUT2D eigenvalue weighted by Gasteiger charge is -2.17. The zero-order chi connectivity index (χ0) is 20.6. The molecule has 0 bridgehead atoms. The summed E-state index contributed by atoms with van der Waals surface area (Å²) in [6.07, 6.45) is 2.16. The predicted octanol–water partition coefficient (Wildman–Crippen LogP) is 3.56. The number of ether oxygens (including phenoxy) is 2. The fourth-order valence-electron chi connectivity index (χ4n) is 2.71. The molecule has 1 amide bonds. The molecule has 1 aliphatic carbocycles. The molecule has 1 saturated carbocycles. The van der Waals surface area contributed by atoms with Gasteiger partial charge in [0.15, 0.2) is 0 Å². The Bertz CT molecular complexity index is 926. The summed E-state index contributed by atoms with van der Waals surface area (Å²) in [7, 11) is 0. The highest BCUT2D eigenvalue weighted by molar-refractivity contribution is 5.99. The first-order valence-corrected chi connectivity index (χ1v) is 9.51. The van der Waals surface area contributed by atoms with Gasteiger partial charge in [-0.25, -0.2) is 4.79 Å². The van der Waals surface area contributed by atoms with Crippen LogP contribution < -0.4 is 10.1 Å². The summed E-state index contributed by atoms with van der Waals surface area (Å²) in [4.78, 5) is 25.2. The molecule has 1 atom stereocenters. The van der Waals surface area contributed by atoms with E-state index in [-0.39, 0.29) is 17.5 Å². The quantitative estimate of drug-likeness (QED) is 0.423. The van der Waals surface area contributed by atoms with Gasteiger partial charge in [0.1, 0.15) is 17.4 Å². The molecule has 0 heterocycles. The van der Waals surface area contributed by atoms with Crippen molar-refractivity contribution >= 4 is 18.0 Å². The number of benzene rings is 2. The maximum atomic E-state index is 12.6. The van der Waals surface area contributed by atoms with Gasteiger partial charge in [-0.3, -0.25) is 4.79 Å². The Morgan fingerprint density at radius 1 is 1.17 bits per heavy atom. The van der Waals surface area contributed by atoms with Gasteiger partial charge in [-0.2, -0.15) is 5.26 Å². The third kappa shape index (κ3) is 5.69. The van der Waals surface area contributed by atoms with Gasteiger partial charge in [0.25, 0.3) is 5.91 Å². The van der Waals surface area contributed by atoms with E-state index in [2.05, 4.69) is 5.32 Å². The Hall–Kier alpha value is -3.59. The Kier molecular flexibility index (Phi) is 6.64. The van der Waals surface area contributed by atoms with E-state index >= 15 is 0 Å². The molecule has 2 aromatic carbocycles. The lowest BCUT2D eigenvalue weighted by Crippen LogP contribution is -2.33. The molecule has 2 aromatic rings. The molecule has 0 saturated heterocycles. The zero-order valence-electron chi connectivity index (χ0n) is 16.1. The largest absolute Gasteiger partial charge is 0.494 e. The SMILES string of the molecule is CCOc1ccc(/C=C(\C#N)C(=O)O[C@H](C(=O)NC2CC2)c2ccccc2)cc1. The van der Waals surface area contributed by atoms with E-state index in [1.165, 1.54) is 6.08 Å². The molecule has 0 radical (unpaired) electrons. The minimum absolute atomic E-state index is 0.127. The lowest BCUT2D eigenvalue weighted by molar-refractivity contribution is -0.152. The first kappa shape index (κ1) is 20.2. The van der Waals surface area contributed by atoms with Crippen molar-refractivity contribution in [3.8, 4) is 11.8 Å². The van der Waals surface area contributed by atoms with Crippen LogP contribution in [0.3, 0.4) is 0 Å². The van der Waals surface area contributed by atoms with Crippen molar-refractivity contribution in [3.05, 3.63) is 71.3 Å². The molecule has 148 valence electrons. The maximum absolute atomic E-state index is 12.6. The van der Waals surface area contributed by atoms with Gasteiger partial charge in [0, 0.05) is 11.6 Å².